The number of hydrogen-bond acceptors (Lipinski definition) is 3. The second-order valence-corrected chi connectivity index (χ2v) is 6.97. The van der Waals surface area contributed by atoms with Crippen LogP contribution in [0.2, 0.25) is 0 Å². The maximum atomic E-state index is 11.2. The van der Waals surface area contributed by atoms with Gasteiger partial charge in [0.15, 0.2) is 0 Å². The molecule has 0 radical (unpaired) electrons. The van der Waals surface area contributed by atoms with Crippen LogP contribution in [0.25, 0.3) is 6.08 Å². The van der Waals surface area contributed by atoms with E-state index in [4.69, 9.17) is 10.7 Å². The third-order valence-electron chi connectivity index (χ3n) is 2.59. The quantitative estimate of drug-likeness (QED) is 0.862. The molecule has 1 N–H and O–H groups in total. The Morgan fingerprint density at radius 2 is 2.17 bits per heavy atom. The highest BCUT2D eigenvalue weighted by Gasteiger charge is 2.16. The standard InChI is InChI=1S/C12H12ClNO3S/c13-18(16,17)6-2-1-3-9-4-5-11-10(7-9)8-12(15)14-11/h1,3-5,7H,2,6,8H2,(H,14,15)/b3-1+. The molecular formula is C12H12ClNO3S. The first-order chi connectivity index (χ1) is 8.44. The van der Waals surface area contributed by atoms with Crippen LogP contribution in [0.15, 0.2) is 24.3 Å². The highest BCUT2D eigenvalue weighted by atomic mass is 35.7. The zero-order valence-corrected chi connectivity index (χ0v) is 11.1. The SMILES string of the molecule is O=C1Cc2cc(/C=C/CCS(=O)(=O)Cl)ccc2N1. The number of nitrogens with one attached hydrogen (secondary N) is 1. The van der Waals surface area contributed by atoms with E-state index in [9.17, 15) is 13.2 Å². The van der Waals surface area contributed by atoms with Crippen LogP contribution in [0.4, 0.5) is 5.69 Å². The van der Waals surface area contributed by atoms with Gasteiger partial charge in [-0.1, -0.05) is 18.2 Å². The molecule has 1 aromatic carbocycles. The van der Waals surface area contributed by atoms with Crippen LogP contribution >= 0.6 is 10.7 Å². The molecule has 0 atom stereocenters. The number of fused-ring (bicyclic) bond motifs is 1. The Labute approximate surface area is 110 Å². The average molecular weight is 286 g/mol. The van der Waals surface area contributed by atoms with E-state index in [0.717, 1.165) is 16.8 Å². The number of hydrogen-bond donors (Lipinski definition) is 1. The van der Waals surface area contributed by atoms with Gasteiger partial charge in [-0.3, -0.25) is 4.79 Å². The van der Waals surface area contributed by atoms with Gasteiger partial charge in [0, 0.05) is 16.4 Å². The summed E-state index contributed by atoms with van der Waals surface area (Å²) >= 11 is 0. The molecular weight excluding hydrogens is 274 g/mol. The zero-order chi connectivity index (χ0) is 13.2. The van der Waals surface area contributed by atoms with E-state index in [0.29, 0.717) is 12.8 Å². The van der Waals surface area contributed by atoms with Crippen molar-refractivity contribution in [1.29, 1.82) is 0 Å². The van der Waals surface area contributed by atoms with E-state index >= 15 is 0 Å². The molecule has 0 aliphatic carbocycles. The van der Waals surface area contributed by atoms with E-state index in [1.54, 1.807) is 6.08 Å². The maximum Gasteiger partial charge on any atom is 0.232 e. The van der Waals surface area contributed by atoms with E-state index in [1.165, 1.54) is 0 Å². The molecule has 1 amide bonds. The van der Waals surface area contributed by atoms with Gasteiger partial charge in [-0.2, -0.15) is 0 Å². The Hall–Kier alpha value is -1.33. The molecule has 1 aromatic rings. The fourth-order valence-electron chi connectivity index (χ4n) is 1.78. The second kappa shape index (κ2) is 5.12. The smallest absolute Gasteiger partial charge is 0.232 e. The Kier molecular flexibility index (Phi) is 3.73. The Balaban J connectivity index is 2.01. The Morgan fingerprint density at radius 1 is 1.39 bits per heavy atom. The first-order valence-corrected chi connectivity index (χ1v) is 7.93. The molecule has 6 heteroatoms. The predicted octanol–water partition coefficient (Wildman–Crippen LogP) is 2.15. The van der Waals surface area contributed by atoms with Gasteiger partial charge in [-0.15, -0.1) is 0 Å². The molecule has 2 rings (SSSR count). The number of halogens is 1. The monoisotopic (exact) mass is 285 g/mol. The summed E-state index contributed by atoms with van der Waals surface area (Å²) < 4.78 is 21.4. The van der Waals surface area contributed by atoms with Crippen molar-refractivity contribution in [3.63, 3.8) is 0 Å². The molecule has 1 aliphatic heterocycles. The van der Waals surface area contributed by atoms with Gasteiger partial charge < -0.3 is 5.32 Å². The number of allylic oxidation sites excluding steroid dienone is 1. The third kappa shape index (κ3) is 3.58. The normalized spacial score (nSPS) is 14.8. The summed E-state index contributed by atoms with van der Waals surface area (Å²) in [4.78, 5) is 11.2. The summed E-state index contributed by atoms with van der Waals surface area (Å²) in [6, 6.07) is 5.63. The fourth-order valence-corrected chi connectivity index (χ4v) is 2.47. The van der Waals surface area contributed by atoms with Gasteiger partial charge in [0.05, 0.1) is 12.2 Å². The van der Waals surface area contributed by atoms with Crippen molar-refractivity contribution in [1.82, 2.24) is 0 Å². The lowest BCUT2D eigenvalue weighted by Crippen LogP contribution is -2.03. The summed E-state index contributed by atoms with van der Waals surface area (Å²) in [7, 11) is 1.67. The predicted molar refractivity (Wildman–Crippen MR) is 72.1 cm³/mol. The number of benzene rings is 1. The van der Waals surface area contributed by atoms with Gasteiger partial charge in [-0.05, 0) is 29.7 Å². The van der Waals surface area contributed by atoms with E-state index in [-0.39, 0.29) is 11.7 Å². The third-order valence-corrected chi connectivity index (χ3v) is 3.78. The number of carbonyl (C=O) groups is 1. The van der Waals surface area contributed by atoms with Crippen LogP contribution in [-0.2, 0) is 20.3 Å². The summed E-state index contributed by atoms with van der Waals surface area (Å²) in [6.45, 7) is 0. The highest BCUT2D eigenvalue weighted by molar-refractivity contribution is 8.13. The number of carbonyl (C=O) groups excluding carboxylic acids is 1. The van der Waals surface area contributed by atoms with E-state index in [2.05, 4.69) is 5.32 Å². The lowest BCUT2D eigenvalue weighted by molar-refractivity contribution is -0.115. The molecule has 0 unspecified atom stereocenters. The minimum Gasteiger partial charge on any atom is -0.326 e. The highest BCUT2D eigenvalue weighted by Crippen LogP contribution is 2.24. The molecule has 1 aliphatic rings. The first-order valence-electron chi connectivity index (χ1n) is 5.46. The van der Waals surface area contributed by atoms with E-state index in [1.807, 2.05) is 24.3 Å². The van der Waals surface area contributed by atoms with Crippen LogP contribution in [0.5, 0.6) is 0 Å². The molecule has 0 saturated heterocycles. The van der Waals surface area contributed by atoms with E-state index < -0.39 is 9.05 Å². The van der Waals surface area contributed by atoms with Crippen LogP contribution in [0.1, 0.15) is 17.5 Å². The van der Waals surface area contributed by atoms with Crippen molar-refractivity contribution in [2.24, 2.45) is 0 Å². The molecule has 0 bridgehead atoms. The lowest BCUT2D eigenvalue weighted by atomic mass is 10.1. The molecule has 0 saturated carbocycles. The van der Waals surface area contributed by atoms with Crippen LogP contribution in [-0.4, -0.2) is 20.1 Å². The minimum atomic E-state index is -3.43. The molecule has 96 valence electrons. The zero-order valence-electron chi connectivity index (χ0n) is 9.52. The average Bonchev–Trinajstić information content (AvgIpc) is 2.62. The lowest BCUT2D eigenvalue weighted by Gasteiger charge is -1.99. The van der Waals surface area contributed by atoms with Crippen LogP contribution in [0.3, 0.4) is 0 Å². The van der Waals surface area contributed by atoms with Crippen LogP contribution in [0, 0.1) is 0 Å². The van der Waals surface area contributed by atoms with Gasteiger partial charge in [0.1, 0.15) is 0 Å². The number of amides is 1. The molecule has 0 fully saturated rings. The van der Waals surface area contributed by atoms with Gasteiger partial charge in [0.2, 0.25) is 15.0 Å². The molecule has 1 heterocycles. The fraction of sp³-hybridized carbons (Fsp3) is 0.250. The van der Waals surface area contributed by atoms with Crippen molar-refractivity contribution in [3.8, 4) is 0 Å². The number of rotatable bonds is 4. The summed E-state index contributed by atoms with van der Waals surface area (Å²) in [5.74, 6) is -0.0740. The van der Waals surface area contributed by atoms with Crippen molar-refractivity contribution in [2.45, 2.75) is 12.8 Å². The summed E-state index contributed by atoms with van der Waals surface area (Å²) in [5, 5.41) is 2.75. The van der Waals surface area contributed by atoms with Crippen molar-refractivity contribution in [2.75, 3.05) is 11.1 Å². The molecule has 0 spiro atoms. The van der Waals surface area contributed by atoms with Crippen molar-refractivity contribution >= 4 is 37.4 Å². The molecule has 18 heavy (non-hydrogen) atoms. The topological polar surface area (TPSA) is 63.2 Å². The van der Waals surface area contributed by atoms with Gasteiger partial charge in [0.25, 0.3) is 0 Å². The van der Waals surface area contributed by atoms with Crippen molar-refractivity contribution < 1.29 is 13.2 Å². The Morgan fingerprint density at radius 3 is 2.89 bits per heavy atom. The minimum absolute atomic E-state index is 0.000590. The van der Waals surface area contributed by atoms with Crippen LogP contribution < -0.4 is 5.32 Å². The first kappa shape index (κ1) is 13.1. The second-order valence-electron chi connectivity index (χ2n) is 4.08. The Bertz CT molecular complexity index is 608. The largest absolute Gasteiger partial charge is 0.326 e. The van der Waals surface area contributed by atoms with Gasteiger partial charge in [-0.25, -0.2) is 8.42 Å². The maximum absolute atomic E-state index is 11.2. The summed E-state index contributed by atoms with van der Waals surface area (Å²) in [6.07, 6.45) is 4.35. The van der Waals surface area contributed by atoms with Crippen molar-refractivity contribution in [3.05, 3.63) is 35.4 Å². The molecule has 0 aromatic heterocycles. The summed E-state index contributed by atoms with van der Waals surface area (Å²) in [5.41, 5.74) is 2.75. The molecule has 4 nitrogen and oxygen atoms in total. The number of anilines is 1. The van der Waals surface area contributed by atoms with Gasteiger partial charge >= 0.3 is 0 Å².